The van der Waals surface area contributed by atoms with Crippen molar-refractivity contribution in [3.8, 4) is 11.5 Å². The molecule has 0 aliphatic carbocycles. The van der Waals surface area contributed by atoms with Gasteiger partial charge in [0.05, 0.1) is 27.4 Å². The standard InChI is InChI=1S/C20H31FN2O3/c1-24-19-13-16(18(21)14-20(19)25-2)15-23-7-4-3-5-17(23)6-8-22-9-11-26-12-10-22/h13-14,17H,3-12,15H2,1-2H3. The number of hydrogen-bond acceptors (Lipinski definition) is 5. The zero-order valence-corrected chi connectivity index (χ0v) is 16.0. The first-order chi connectivity index (χ1) is 12.7. The van der Waals surface area contributed by atoms with Crippen LogP contribution in [0.25, 0.3) is 0 Å². The Morgan fingerprint density at radius 1 is 1.08 bits per heavy atom. The van der Waals surface area contributed by atoms with Crippen molar-refractivity contribution in [3.05, 3.63) is 23.5 Å². The third-order valence-corrected chi connectivity index (χ3v) is 5.56. The molecule has 0 amide bonds. The summed E-state index contributed by atoms with van der Waals surface area (Å²) in [6.45, 7) is 6.48. The molecule has 2 saturated heterocycles. The number of halogens is 1. The first-order valence-corrected chi connectivity index (χ1v) is 9.66. The second-order valence-electron chi connectivity index (χ2n) is 7.16. The van der Waals surface area contributed by atoms with Crippen molar-refractivity contribution in [2.75, 3.05) is 53.6 Å². The normalized spacial score (nSPS) is 22.3. The number of ether oxygens (including phenoxy) is 3. The molecule has 0 radical (unpaired) electrons. The summed E-state index contributed by atoms with van der Waals surface area (Å²) in [4.78, 5) is 4.92. The average molecular weight is 366 g/mol. The molecule has 2 aliphatic heterocycles. The van der Waals surface area contributed by atoms with E-state index in [1.54, 1.807) is 13.2 Å². The van der Waals surface area contributed by atoms with E-state index in [9.17, 15) is 4.39 Å². The minimum absolute atomic E-state index is 0.222. The van der Waals surface area contributed by atoms with Crippen LogP contribution in [0, 0.1) is 5.82 Å². The van der Waals surface area contributed by atoms with Crippen LogP contribution in [0.2, 0.25) is 0 Å². The Hall–Kier alpha value is -1.37. The number of hydrogen-bond donors (Lipinski definition) is 0. The number of rotatable bonds is 7. The highest BCUT2D eigenvalue weighted by molar-refractivity contribution is 5.43. The van der Waals surface area contributed by atoms with Crippen LogP contribution in [0.4, 0.5) is 4.39 Å². The molecular formula is C20H31FN2O3. The fourth-order valence-electron chi connectivity index (χ4n) is 3.99. The largest absolute Gasteiger partial charge is 0.493 e. The quantitative estimate of drug-likeness (QED) is 0.741. The summed E-state index contributed by atoms with van der Waals surface area (Å²) in [6, 6.07) is 3.72. The molecule has 2 fully saturated rings. The fourth-order valence-corrected chi connectivity index (χ4v) is 3.99. The van der Waals surface area contributed by atoms with Gasteiger partial charge in [-0.2, -0.15) is 0 Å². The van der Waals surface area contributed by atoms with E-state index >= 15 is 0 Å². The van der Waals surface area contributed by atoms with E-state index in [0.717, 1.165) is 45.8 Å². The maximum Gasteiger partial charge on any atom is 0.163 e. The van der Waals surface area contributed by atoms with Crippen LogP contribution >= 0.6 is 0 Å². The number of methoxy groups -OCH3 is 2. The van der Waals surface area contributed by atoms with E-state index in [4.69, 9.17) is 14.2 Å². The number of nitrogens with zero attached hydrogens (tertiary/aromatic N) is 2. The van der Waals surface area contributed by atoms with Gasteiger partial charge in [0.15, 0.2) is 11.5 Å². The molecule has 0 bridgehead atoms. The molecule has 0 spiro atoms. The second kappa shape index (κ2) is 9.53. The first-order valence-electron chi connectivity index (χ1n) is 9.66. The van der Waals surface area contributed by atoms with Gasteiger partial charge in [0, 0.05) is 37.3 Å². The van der Waals surface area contributed by atoms with Crippen molar-refractivity contribution in [2.24, 2.45) is 0 Å². The zero-order chi connectivity index (χ0) is 18.4. The third kappa shape index (κ3) is 4.87. The van der Waals surface area contributed by atoms with Gasteiger partial charge >= 0.3 is 0 Å². The van der Waals surface area contributed by atoms with E-state index in [0.29, 0.717) is 29.6 Å². The highest BCUT2D eigenvalue weighted by Crippen LogP contribution is 2.31. The van der Waals surface area contributed by atoms with Crippen LogP contribution in [0.3, 0.4) is 0 Å². The minimum Gasteiger partial charge on any atom is -0.493 e. The lowest BCUT2D eigenvalue weighted by Gasteiger charge is -2.37. The van der Waals surface area contributed by atoms with Crippen LogP contribution in [-0.4, -0.2) is 69.5 Å². The highest BCUT2D eigenvalue weighted by atomic mass is 19.1. The second-order valence-corrected chi connectivity index (χ2v) is 7.16. The molecule has 0 aromatic heterocycles. The van der Waals surface area contributed by atoms with E-state index in [1.807, 2.05) is 0 Å². The van der Waals surface area contributed by atoms with Crippen molar-refractivity contribution in [1.82, 2.24) is 9.80 Å². The SMILES string of the molecule is COc1cc(F)c(CN2CCCCC2CCN2CCOCC2)cc1OC. The summed E-state index contributed by atoms with van der Waals surface area (Å²) in [5.41, 5.74) is 0.681. The monoisotopic (exact) mass is 366 g/mol. The summed E-state index contributed by atoms with van der Waals surface area (Å²) in [7, 11) is 3.12. The van der Waals surface area contributed by atoms with Crippen LogP contribution in [0.5, 0.6) is 11.5 Å². The van der Waals surface area contributed by atoms with Gasteiger partial charge < -0.3 is 14.2 Å². The van der Waals surface area contributed by atoms with Gasteiger partial charge in [0.1, 0.15) is 5.82 Å². The van der Waals surface area contributed by atoms with Gasteiger partial charge in [0.25, 0.3) is 0 Å². The van der Waals surface area contributed by atoms with Gasteiger partial charge in [-0.1, -0.05) is 6.42 Å². The van der Waals surface area contributed by atoms with Crippen molar-refractivity contribution in [3.63, 3.8) is 0 Å². The predicted octanol–water partition coefficient (Wildman–Crippen LogP) is 2.92. The molecule has 3 rings (SSSR count). The number of likely N-dealkylation sites (tertiary alicyclic amines) is 1. The summed E-state index contributed by atoms with van der Waals surface area (Å²) >= 11 is 0. The maximum atomic E-state index is 14.5. The van der Waals surface area contributed by atoms with E-state index < -0.39 is 0 Å². The minimum atomic E-state index is -0.222. The molecule has 1 unspecified atom stereocenters. The Morgan fingerprint density at radius 2 is 1.81 bits per heavy atom. The van der Waals surface area contributed by atoms with E-state index in [2.05, 4.69) is 9.80 Å². The van der Waals surface area contributed by atoms with Crippen LogP contribution in [-0.2, 0) is 11.3 Å². The van der Waals surface area contributed by atoms with Crippen molar-refractivity contribution in [1.29, 1.82) is 0 Å². The van der Waals surface area contributed by atoms with Crippen LogP contribution in [0.15, 0.2) is 12.1 Å². The van der Waals surface area contributed by atoms with Crippen LogP contribution in [0.1, 0.15) is 31.2 Å². The van der Waals surface area contributed by atoms with E-state index in [1.165, 1.54) is 32.4 Å². The molecule has 146 valence electrons. The van der Waals surface area contributed by atoms with Crippen molar-refractivity contribution < 1.29 is 18.6 Å². The van der Waals surface area contributed by atoms with Gasteiger partial charge in [-0.25, -0.2) is 4.39 Å². The van der Waals surface area contributed by atoms with Gasteiger partial charge in [0.2, 0.25) is 0 Å². The smallest absolute Gasteiger partial charge is 0.163 e. The fraction of sp³-hybridized carbons (Fsp3) is 0.700. The number of morpholine rings is 1. The van der Waals surface area contributed by atoms with Gasteiger partial charge in [-0.15, -0.1) is 0 Å². The topological polar surface area (TPSA) is 34.2 Å². The average Bonchev–Trinajstić information content (AvgIpc) is 2.69. The van der Waals surface area contributed by atoms with Crippen molar-refractivity contribution >= 4 is 0 Å². The number of piperidine rings is 1. The Balaban J connectivity index is 1.64. The molecule has 1 aromatic rings. The zero-order valence-electron chi connectivity index (χ0n) is 16.0. The lowest BCUT2D eigenvalue weighted by molar-refractivity contribution is 0.0301. The third-order valence-electron chi connectivity index (χ3n) is 5.56. The predicted molar refractivity (Wildman–Crippen MR) is 99.4 cm³/mol. The highest BCUT2D eigenvalue weighted by Gasteiger charge is 2.25. The Kier molecular flexibility index (Phi) is 7.11. The molecule has 0 saturated carbocycles. The molecule has 2 heterocycles. The van der Waals surface area contributed by atoms with Gasteiger partial charge in [-0.3, -0.25) is 9.80 Å². The van der Waals surface area contributed by atoms with Crippen molar-refractivity contribution in [2.45, 2.75) is 38.3 Å². The Labute approximate surface area is 156 Å². The molecule has 26 heavy (non-hydrogen) atoms. The molecule has 5 nitrogen and oxygen atoms in total. The number of benzene rings is 1. The Bertz CT molecular complexity index is 578. The summed E-state index contributed by atoms with van der Waals surface area (Å²) < 4.78 is 30.5. The van der Waals surface area contributed by atoms with Crippen LogP contribution < -0.4 is 9.47 Å². The molecule has 0 N–H and O–H groups in total. The Morgan fingerprint density at radius 3 is 2.54 bits per heavy atom. The summed E-state index contributed by atoms with van der Waals surface area (Å²) in [6.07, 6.45) is 4.77. The lowest BCUT2D eigenvalue weighted by atomic mass is 9.98. The first kappa shape index (κ1) is 19.4. The molecule has 1 aromatic carbocycles. The molecule has 1 atom stereocenters. The molecule has 2 aliphatic rings. The molecular weight excluding hydrogens is 335 g/mol. The molecule has 6 heteroatoms. The lowest BCUT2D eigenvalue weighted by Crippen LogP contribution is -2.43. The van der Waals surface area contributed by atoms with E-state index in [-0.39, 0.29) is 5.82 Å². The maximum absolute atomic E-state index is 14.5. The summed E-state index contributed by atoms with van der Waals surface area (Å²) in [5.74, 6) is 0.808. The summed E-state index contributed by atoms with van der Waals surface area (Å²) in [5, 5.41) is 0. The van der Waals surface area contributed by atoms with Gasteiger partial charge in [-0.05, 0) is 38.4 Å².